The molecule has 0 aromatic carbocycles. The molecule has 3 rings (SSSR count). The fourth-order valence-electron chi connectivity index (χ4n) is 2.26. The van der Waals surface area contributed by atoms with Gasteiger partial charge in [0.1, 0.15) is 5.84 Å². The van der Waals surface area contributed by atoms with Gasteiger partial charge in [0.2, 0.25) is 0 Å². The van der Waals surface area contributed by atoms with Crippen LogP contribution in [-0.4, -0.2) is 28.9 Å². The summed E-state index contributed by atoms with van der Waals surface area (Å²) in [6.07, 6.45) is 7.27. The third-order valence-electron chi connectivity index (χ3n) is 3.25. The van der Waals surface area contributed by atoms with Gasteiger partial charge in [-0.2, -0.15) is 0 Å². The van der Waals surface area contributed by atoms with Gasteiger partial charge >= 0.3 is 0 Å². The van der Waals surface area contributed by atoms with E-state index >= 15 is 0 Å². The molecule has 2 aromatic heterocycles. The molecule has 0 radical (unpaired) electrons. The molecule has 102 valence electrons. The zero-order valence-corrected chi connectivity index (χ0v) is 11.2. The van der Waals surface area contributed by atoms with Gasteiger partial charge in [0.15, 0.2) is 0 Å². The second-order valence-electron chi connectivity index (χ2n) is 4.65. The lowest BCUT2D eigenvalue weighted by Crippen LogP contribution is -2.42. The summed E-state index contributed by atoms with van der Waals surface area (Å²) in [5, 5.41) is 6.90. The molecule has 1 aliphatic heterocycles. The molecule has 1 unspecified atom stereocenters. The van der Waals surface area contributed by atoms with E-state index in [9.17, 15) is 0 Å². The Bertz CT molecular complexity index is 567. The third-order valence-corrected chi connectivity index (χ3v) is 3.25. The van der Waals surface area contributed by atoms with Gasteiger partial charge < -0.3 is 10.6 Å². The van der Waals surface area contributed by atoms with Crippen molar-refractivity contribution in [3.05, 3.63) is 60.2 Å². The zero-order chi connectivity index (χ0) is 13.6. The standard InChI is InChI=1S/C15H17N5/c1-2-12(10-17-5-1)11-20-15-14(18-8-9-19-15)13-3-6-16-7-4-13/h1-7,10,14,18H,8-9,11H2,(H,19,20). The SMILES string of the molecule is c1cncc(CNC2=NCCNC2c2ccncc2)c1. The number of aliphatic imine (C=N–C) groups is 1. The Balaban J connectivity index is 1.72. The predicted molar refractivity (Wildman–Crippen MR) is 78.4 cm³/mol. The van der Waals surface area contributed by atoms with Crippen molar-refractivity contribution < 1.29 is 0 Å². The van der Waals surface area contributed by atoms with Crippen molar-refractivity contribution in [2.24, 2.45) is 4.99 Å². The van der Waals surface area contributed by atoms with Crippen LogP contribution in [-0.2, 0) is 6.54 Å². The molecule has 5 nitrogen and oxygen atoms in total. The maximum atomic E-state index is 4.60. The molecule has 2 aromatic rings. The molecule has 5 heteroatoms. The molecule has 0 amide bonds. The summed E-state index contributed by atoms with van der Waals surface area (Å²) in [7, 11) is 0. The average Bonchev–Trinajstić information content (AvgIpc) is 2.55. The highest BCUT2D eigenvalue weighted by Crippen LogP contribution is 2.15. The summed E-state index contributed by atoms with van der Waals surface area (Å²) in [6.45, 7) is 2.43. The van der Waals surface area contributed by atoms with E-state index in [2.05, 4.69) is 31.7 Å². The van der Waals surface area contributed by atoms with Gasteiger partial charge in [-0.05, 0) is 29.3 Å². The fourth-order valence-corrected chi connectivity index (χ4v) is 2.26. The number of nitrogens with one attached hydrogen (secondary N) is 2. The molecule has 0 aliphatic carbocycles. The minimum absolute atomic E-state index is 0.114. The van der Waals surface area contributed by atoms with Crippen LogP contribution < -0.4 is 10.6 Å². The van der Waals surface area contributed by atoms with Crippen molar-refractivity contribution in [2.75, 3.05) is 13.1 Å². The van der Waals surface area contributed by atoms with Crippen LogP contribution in [0.25, 0.3) is 0 Å². The van der Waals surface area contributed by atoms with Gasteiger partial charge in [-0.1, -0.05) is 6.07 Å². The molecule has 0 saturated heterocycles. The maximum Gasteiger partial charge on any atom is 0.118 e. The Morgan fingerprint density at radius 3 is 2.85 bits per heavy atom. The minimum atomic E-state index is 0.114. The lowest BCUT2D eigenvalue weighted by Gasteiger charge is -2.25. The van der Waals surface area contributed by atoms with Crippen molar-refractivity contribution in [2.45, 2.75) is 12.6 Å². The smallest absolute Gasteiger partial charge is 0.118 e. The van der Waals surface area contributed by atoms with E-state index in [-0.39, 0.29) is 6.04 Å². The molecule has 0 saturated carbocycles. The molecule has 0 spiro atoms. The topological polar surface area (TPSA) is 62.2 Å². The predicted octanol–water partition coefficient (Wildman–Crippen LogP) is 1.31. The maximum absolute atomic E-state index is 4.60. The summed E-state index contributed by atoms with van der Waals surface area (Å²) in [6, 6.07) is 8.15. The first-order chi connectivity index (χ1) is 9.93. The van der Waals surface area contributed by atoms with E-state index in [0.717, 1.165) is 31.0 Å². The minimum Gasteiger partial charge on any atom is -0.368 e. The number of hydrogen-bond donors (Lipinski definition) is 2. The van der Waals surface area contributed by atoms with Crippen molar-refractivity contribution in [3.63, 3.8) is 0 Å². The quantitative estimate of drug-likeness (QED) is 0.880. The normalized spacial score (nSPS) is 18.4. The highest BCUT2D eigenvalue weighted by Gasteiger charge is 2.20. The first kappa shape index (κ1) is 12.7. The van der Waals surface area contributed by atoms with Crippen LogP contribution >= 0.6 is 0 Å². The summed E-state index contributed by atoms with van der Waals surface area (Å²) in [5.41, 5.74) is 2.33. The molecular formula is C15H17N5. The van der Waals surface area contributed by atoms with Crippen molar-refractivity contribution in [1.82, 2.24) is 20.6 Å². The van der Waals surface area contributed by atoms with Crippen LogP contribution in [0.2, 0.25) is 0 Å². The first-order valence-corrected chi connectivity index (χ1v) is 6.74. The largest absolute Gasteiger partial charge is 0.368 e. The van der Waals surface area contributed by atoms with Crippen LogP contribution in [0, 0.1) is 0 Å². The van der Waals surface area contributed by atoms with Gasteiger partial charge in [0.25, 0.3) is 0 Å². The van der Waals surface area contributed by atoms with Crippen LogP contribution in [0.5, 0.6) is 0 Å². The molecule has 3 heterocycles. The van der Waals surface area contributed by atoms with E-state index in [1.807, 2.05) is 36.8 Å². The Labute approximate surface area is 118 Å². The number of hydrogen-bond acceptors (Lipinski definition) is 5. The summed E-state index contributed by atoms with van der Waals surface area (Å²) < 4.78 is 0. The van der Waals surface area contributed by atoms with E-state index in [4.69, 9.17) is 0 Å². The summed E-state index contributed by atoms with van der Waals surface area (Å²) >= 11 is 0. The Morgan fingerprint density at radius 2 is 2.05 bits per heavy atom. The summed E-state index contributed by atoms with van der Waals surface area (Å²) in [5.74, 6) is 0.978. The van der Waals surface area contributed by atoms with Crippen molar-refractivity contribution in [1.29, 1.82) is 0 Å². The Morgan fingerprint density at radius 1 is 1.15 bits per heavy atom. The average molecular weight is 267 g/mol. The monoisotopic (exact) mass is 267 g/mol. The van der Waals surface area contributed by atoms with Crippen molar-refractivity contribution in [3.8, 4) is 0 Å². The van der Waals surface area contributed by atoms with E-state index in [1.165, 1.54) is 5.56 Å². The van der Waals surface area contributed by atoms with Gasteiger partial charge in [-0.25, -0.2) is 0 Å². The number of pyridine rings is 2. The highest BCUT2D eigenvalue weighted by molar-refractivity contribution is 5.89. The number of nitrogens with zero attached hydrogens (tertiary/aromatic N) is 3. The van der Waals surface area contributed by atoms with Gasteiger partial charge in [0.05, 0.1) is 12.6 Å². The lowest BCUT2D eigenvalue weighted by atomic mass is 10.1. The number of rotatable bonds is 3. The molecule has 0 fully saturated rings. The molecular weight excluding hydrogens is 250 g/mol. The molecule has 2 N–H and O–H groups in total. The number of aromatic nitrogens is 2. The van der Waals surface area contributed by atoms with E-state index in [0.29, 0.717) is 0 Å². The second-order valence-corrected chi connectivity index (χ2v) is 4.65. The van der Waals surface area contributed by atoms with E-state index in [1.54, 1.807) is 6.20 Å². The Kier molecular flexibility index (Phi) is 3.99. The highest BCUT2D eigenvalue weighted by atomic mass is 15.1. The zero-order valence-electron chi connectivity index (χ0n) is 11.2. The van der Waals surface area contributed by atoms with Crippen LogP contribution in [0.3, 0.4) is 0 Å². The van der Waals surface area contributed by atoms with Crippen LogP contribution in [0.15, 0.2) is 54.0 Å². The molecule has 0 bridgehead atoms. The fraction of sp³-hybridized carbons (Fsp3) is 0.267. The third kappa shape index (κ3) is 3.00. The Hall–Kier alpha value is -2.27. The van der Waals surface area contributed by atoms with Gasteiger partial charge in [-0.3, -0.25) is 15.0 Å². The summed E-state index contributed by atoms with van der Waals surface area (Å²) in [4.78, 5) is 12.8. The number of amidine groups is 1. The molecule has 20 heavy (non-hydrogen) atoms. The van der Waals surface area contributed by atoms with Gasteiger partial charge in [0, 0.05) is 37.9 Å². The van der Waals surface area contributed by atoms with E-state index < -0.39 is 0 Å². The first-order valence-electron chi connectivity index (χ1n) is 6.74. The van der Waals surface area contributed by atoms with Gasteiger partial charge in [-0.15, -0.1) is 0 Å². The molecule has 1 atom stereocenters. The second kappa shape index (κ2) is 6.25. The van der Waals surface area contributed by atoms with Crippen LogP contribution in [0.4, 0.5) is 0 Å². The lowest BCUT2D eigenvalue weighted by molar-refractivity contribution is 0.598. The molecule has 1 aliphatic rings. The van der Waals surface area contributed by atoms with Crippen LogP contribution in [0.1, 0.15) is 17.2 Å². The van der Waals surface area contributed by atoms with Crippen molar-refractivity contribution >= 4 is 5.84 Å².